The van der Waals surface area contributed by atoms with Crippen LogP contribution >= 0.6 is 0 Å². The second-order valence-corrected chi connectivity index (χ2v) is 5.38. The van der Waals surface area contributed by atoms with Gasteiger partial charge in [-0.3, -0.25) is 0 Å². The second-order valence-electron chi connectivity index (χ2n) is 5.38. The summed E-state index contributed by atoms with van der Waals surface area (Å²) in [5.41, 5.74) is 0.532. The Kier molecular flexibility index (Phi) is 3.14. The van der Waals surface area contributed by atoms with Gasteiger partial charge in [0.2, 0.25) is 0 Å². The third-order valence-corrected chi connectivity index (χ3v) is 4.21. The van der Waals surface area contributed by atoms with Gasteiger partial charge in [-0.2, -0.15) is 0 Å². The molecule has 1 unspecified atom stereocenters. The second kappa shape index (κ2) is 4.81. The van der Waals surface area contributed by atoms with Crippen LogP contribution in [0.15, 0.2) is 18.2 Å². The van der Waals surface area contributed by atoms with Gasteiger partial charge in [0.1, 0.15) is 5.82 Å². The lowest BCUT2D eigenvalue weighted by atomic mass is 9.84. The van der Waals surface area contributed by atoms with Crippen molar-refractivity contribution >= 4 is 11.7 Å². The Labute approximate surface area is 111 Å². The smallest absolute Gasteiger partial charge is 0.337 e. The molecule has 3 saturated heterocycles. The largest absolute Gasteiger partial charge is 0.478 e. The number of halogens is 1. The summed E-state index contributed by atoms with van der Waals surface area (Å²) in [6.07, 6.45) is 2.31. The van der Waals surface area contributed by atoms with Crippen LogP contribution in [0.2, 0.25) is 0 Å². The number of piperidine rings is 3. The van der Waals surface area contributed by atoms with Crippen LogP contribution < -0.4 is 5.32 Å². The Morgan fingerprint density at radius 2 is 2.11 bits per heavy atom. The molecule has 0 aliphatic carbocycles. The normalized spacial score (nSPS) is 29.2. The molecular formula is C14H17FN2O2. The lowest BCUT2D eigenvalue weighted by molar-refractivity contribution is 0.0696. The molecular weight excluding hydrogens is 247 g/mol. The maximum atomic E-state index is 13.1. The van der Waals surface area contributed by atoms with Crippen molar-refractivity contribution in [2.75, 3.05) is 25.0 Å². The highest BCUT2D eigenvalue weighted by atomic mass is 19.1. The number of aromatic carboxylic acids is 1. The standard InChI is InChI=1S/C14H17FN2O2/c15-10-1-2-12(11(7-10)14(18)19)16-13-8-17-5-3-9(13)4-6-17/h1-2,7,9,13,16H,3-6,8H2,(H,18,19). The first-order chi connectivity index (χ1) is 9.13. The molecule has 1 aromatic carbocycles. The van der Waals surface area contributed by atoms with E-state index in [4.69, 9.17) is 5.11 Å². The fraction of sp³-hybridized carbons (Fsp3) is 0.500. The highest BCUT2D eigenvalue weighted by Crippen LogP contribution is 2.30. The van der Waals surface area contributed by atoms with Gasteiger partial charge in [0.05, 0.1) is 5.56 Å². The summed E-state index contributed by atoms with van der Waals surface area (Å²) in [6, 6.07) is 4.17. The van der Waals surface area contributed by atoms with E-state index in [-0.39, 0.29) is 11.6 Å². The number of anilines is 1. The van der Waals surface area contributed by atoms with E-state index in [0.29, 0.717) is 11.6 Å². The van der Waals surface area contributed by atoms with Gasteiger partial charge < -0.3 is 15.3 Å². The molecule has 0 spiro atoms. The van der Waals surface area contributed by atoms with Crippen LogP contribution in [-0.2, 0) is 0 Å². The van der Waals surface area contributed by atoms with E-state index in [1.54, 1.807) is 0 Å². The number of nitrogens with zero attached hydrogens (tertiary/aromatic N) is 1. The quantitative estimate of drug-likeness (QED) is 0.877. The van der Waals surface area contributed by atoms with E-state index in [0.717, 1.165) is 38.5 Å². The van der Waals surface area contributed by atoms with E-state index in [9.17, 15) is 9.18 Å². The minimum absolute atomic E-state index is 0.0106. The molecule has 1 atom stereocenters. The monoisotopic (exact) mass is 264 g/mol. The van der Waals surface area contributed by atoms with Crippen LogP contribution in [0.5, 0.6) is 0 Å². The number of hydrogen-bond acceptors (Lipinski definition) is 3. The van der Waals surface area contributed by atoms with Gasteiger partial charge in [0.25, 0.3) is 0 Å². The topological polar surface area (TPSA) is 52.6 Å². The Balaban J connectivity index is 1.81. The highest BCUT2D eigenvalue weighted by molar-refractivity contribution is 5.94. The van der Waals surface area contributed by atoms with Crippen molar-refractivity contribution in [1.29, 1.82) is 0 Å². The van der Waals surface area contributed by atoms with Crippen molar-refractivity contribution in [2.45, 2.75) is 18.9 Å². The molecule has 0 saturated carbocycles. The molecule has 102 valence electrons. The molecule has 2 bridgehead atoms. The van der Waals surface area contributed by atoms with Crippen LogP contribution in [0.25, 0.3) is 0 Å². The van der Waals surface area contributed by atoms with E-state index >= 15 is 0 Å². The fourth-order valence-electron chi connectivity index (χ4n) is 3.15. The molecule has 5 heteroatoms. The van der Waals surface area contributed by atoms with Crippen LogP contribution in [-0.4, -0.2) is 41.7 Å². The van der Waals surface area contributed by atoms with E-state index < -0.39 is 11.8 Å². The lowest BCUT2D eigenvalue weighted by Gasteiger charge is -2.45. The van der Waals surface area contributed by atoms with Gasteiger partial charge >= 0.3 is 5.97 Å². The summed E-state index contributed by atoms with van der Waals surface area (Å²) >= 11 is 0. The first-order valence-electron chi connectivity index (χ1n) is 6.65. The number of benzene rings is 1. The maximum Gasteiger partial charge on any atom is 0.337 e. The summed E-state index contributed by atoms with van der Waals surface area (Å²) in [6.45, 7) is 3.22. The van der Waals surface area contributed by atoms with Crippen molar-refractivity contribution in [1.82, 2.24) is 4.90 Å². The van der Waals surface area contributed by atoms with Gasteiger partial charge in [-0.1, -0.05) is 0 Å². The number of carbonyl (C=O) groups is 1. The minimum Gasteiger partial charge on any atom is -0.478 e. The Morgan fingerprint density at radius 1 is 1.37 bits per heavy atom. The lowest BCUT2D eigenvalue weighted by Crippen LogP contribution is -2.53. The molecule has 3 fully saturated rings. The zero-order valence-corrected chi connectivity index (χ0v) is 10.6. The zero-order valence-electron chi connectivity index (χ0n) is 10.6. The number of rotatable bonds is 3. The summed E-state index contributed by atoms with van der Waals surface area (Å²) in [4.78, 5) is 13.5. The van der Waals surface area contributed by atoms with Crippen LogP contribution in [0.3, 0.4) is 0 Å². The van der Waals surface area contributed by atoms with Crippen LogP contribution in [0.1, 0.15) is 23.2 Å². The average Bonchev–Trinajstić information content (AvgIpc) is 2.42. The summed E-state index contributed by atoms with van der Waals surface area (Å²) in [5, 5.41) is 12.4. The molecule has 0 amide bonds. The first kappa shape index (κ1) is 12.4. The number of fused-ring (bicyclic) bond motifs is 3. The van der Waals surface area contributed by atoms with Gasteiger partial charge in [-0.25, -0.2) is 9.18 Å². The number of carboxylic acid groups (broad SMARTS) is 1. The number of hydrogen-bond donors (Lipinski definition) is 2. The van der Waals surface area contributed by atoms with Crippen molar-refractivity contribution in [3.8, 4) is 0 Å². The summed E-state index contributed by atoms with van der Waals surface area (Å²) < 4.78 is 13.1. The van der Waals surface area contributed by atoms with Gasteiger partial charge in [-0.15, -0.1) is 0 Å². The van der Waals surface area contributed by atoms with Gasteiger partial charge in [-0.05, 0) is 50.0 Å². The Morgan fingerprint density at radius 3 is 2.68 bits per heavy atom. The van der Waals surface area contributed by atoms with Crippen molar-refractivity contribution in [2.24, 2.45) is 5.92 Å². The van der Waals surface area contributed by atoms with Gasteiger partial charge in [0.15, 0.2) is 0 Å². The number of carboxylic acids is 1. The van der Waals surface area contributed by atoms with Crippen molar-refractivity contribution in [3.05, 3.63) is 29.6 Å². The third kappa shape index (κ3) is 2.42. The molecule has 1 aromatic rings. The predicted molar refractivity (Wildman–Crippen MR) is 69.9 cm³/mol. The van der Waals surface area contributed by atoms with Crippen molar-refractivity contribution < 1.29 is 14.3 Å². The summed E-state index contributed by atoms with van der Waals surface area (Å²) in [7, 11) is 0. The molecule has 3 heterocycles. The molecule has 4 nitrogen and oxygen atoms in total. The van der Waals surface area contributed by atoms with Crippen LogP contribution in [0, 0.1) is 11.7 Å². The van der Waals surface area contributed by atoms with Crippen LogP contribution in [0.4, 0.5) is 10.1 Å². The van der Waals surface area contributed by atoms with E-state index in [1.807, 2.05) is 0 Å². The molecule has 0 aromatic heterocycles. The van der Waals surface area contributed by atoms with E-state index in [2.05, 4.69) is 10.2 Å². The maximum absolute atomic E-state index is 13.1. The predicted octanol–water partition coefficient (Wildman–Crippen LogP) is 2.03. The SMILES string of the molecule is O=C(O)c1cc(F)ccc1NC1CN2CCC1CC2. The van der Waals surface area contributed by atoms with E-state index in [1.165, 1.54) is 12.1 Å². The number of nitrogens with one attached hydrogen (secondary N) is 1. The highest BCUT2D eigenvalue weighted by Gasteiger charge is 2.34. The molecule has 19 heavy (non-hydrogen) atoms. The molecule has 3 aliphatic heterocycles. The molecule has 2 N–H and O–H groups in total. The third-order valence-electron chi connectivity index (χ3n) is 4.21. The first-order valence-corrected chi connectivity index (χ1v) is 6.65. The minimum atomic E-state index is -1.09. The molecule has 0 radical (unpaired) electrons. The molecule has 3 aliphatic rings. The fourth-order valence-corrected chi connectivity index (χ4v) is 3.15. The Bertz CT molecular complexity index is 498. The summed E-state index contributed by atoms with van der Waals surface area (Å²) in [5.74, 6) is -1.02. The van der Waals surface area contributed by atoms with Crippen molar-refractivity contribution in [3.63, 3.8) is 0 Å². The van der Waals surface area contributed by atoms with Gasteiger partial charge in [0, 0.05) is 18.3 Å². The average molecular weight is 264 g/mol. The zero-order chi connectivity index (χ0) is 13.4. The Hall–Kier alpha value is -1.62. The molecule has 4 rings (SSSR count).